The zero-order valence-corrected chi connectivity index (χ0v) is 13.8. The first-order valence-corrected chi connectivity index (χ1v) is 8.00. The Bertz CT molecular complexity index is 519. The van der Waals surface area contributed by atoms with Gasteiger partial charge in [0.25, 0.3) is 0 Å². The van der Waals surface area contributed by atoms with Crippen LogP contribution in [-0.2, 0) is 14.3 Å². The Morgan fingerprint density at radius 1 is 0.913 bits per heavy atom. The normalized spacial score (nSPS) is 10.2. The molecule has 0 saturated heterocycles. The molecule has 0 aliphatic heterocycles. The van der Waals surface area contributed by atoms with Crippen LogP contribution in [0.5, 0.6) is 5.75 Å². The van der Waals surface area contributed by atoms with Gasteiger partial charge in [0, 0.05) is 18.4 Å². The van der Waals surface area contributed by atoms with E-state index in [9.17, 15) is 14.4 Å². The summed E-state index contributed by atoms with van der Waals surface area (Å²) in [5, 5.41) is 0. The van der Waals surface area contributed by atoms with E-state index in [4.69, 9.17) is 9.47 Å². The Morgan fingerprint density at radius 2 is 1.57 bits per heavy atom. The lowest BCUT2D eigenvalue weighted by molar-refractivity contribution is -0.144. The van der Waals surface area contributed by atoms with E-state index in [0.29, 0.717) is 24.3 Å². The minimum atomic E-state index is -0.403. The molecule has 0 spiro atoms. The SMILES string of the molecule is CCCCCOC(=O)CCCC(=O)Oc1ccc(C(C)=O)cc1. The van der Waals surface area contributed by atoms with E-state index in [2.05, 4.69) is 6.92 Å². The van der Waals surface area contributed by atoms with Crippen LogP contribution in [0.1, 0.15) is 62.7 Å². The molecule has 0 bridgehead atoms. The van der Waals surface area contributed by atoms with Crippen molar-refractivity contribution in [2.45, 2.75) is 52.4 Å². The van der Waals surface area contributed by atoms with Crippen molar-refractivity contribution in [3.63, 3.8) is 0 Å². The number of hydrogen-bond acceptors (Lipinski definition) is 5. The maximum atomic E-state index is 11.7. The van der Waals surface area contributed by atoms with E-state index >= 15 is 0 Å². The summed E-state index contributed by atoms with van der Waals surface area (Å²) in [5.41, 5.74) is 0.565. The molecule has 1 aromatic rings. The highest BCUT2D eigenvalue weighted by Gasteiger charge is 2.09. The van der Waals surface area contributed by atoms with Gasteiger partial charge < -0.3 is 9.47 Å². The summed E-state index contributed by atoms with van der Waals surface area (Å²) in [6.07, 6.45) is 3.76. The van der Waals surface area contributed by atoms with Crippen LogP contribution in [0.2, 0.25) is 0 Å². The molecule has 0 heterocycles. The van der Waals surface area contributed by atoms with E-state index < -0.39 is 5.97 Å². The van der Waals surface area contributed by atoms with E-state index in [1.165, 1.54) is 6.92 Å². The number of ether oxygens (including phenoxy) is 2. The summed E-state index contributed by atoms with van der Waals surface area (Å²) in [5.74, 6) is -0.332. The standard InChI is InChI=1S/C18H24O5/c1-3-4-5-13-22-17(20)7-6-8-18(21)23-16-11-9-15(10-12-16)14(2)19/h9-12H,3-8,13H2,1-2H3. The topological polar surface area (TPSA) is 69.7 Å². The average molecular weight is 320 g/mol. The number of ketones is 1. The van der Waals surface area contributed by atoms with Gasteiger partial charge in [-0.3, -0.25) is 14.4 Å². The van der Waals surface area contributed by atoms with Crippen LogP contribution in [0.4, 0.5) is 0 Å². The Kier molecular flexibility index (Phi) is 8.65. The van der Waals surface area contributed by atoms with Gasteiger partial charge in [-0.15, -0.1) is 0 Å². The lowest BCUT2D eigenvalue weighted by Gasteiger charge is -2.06. The van der Waals surface area contributed by atoms with Crippen LogP contribution in [0, 0.1) is 0 Å². The van der Waals surface area contributed by atoms with E-state index in [1.54, 1.807) is 24.3 Å². The molecule has 0 atom stereocenters. The highest BCUT2D eigenvalue weighted by atomic mass is 16.5. The number of carbonyl (C=O) groups excluding carboxylic acids is 3. The summed E-state index contributed by atoms with van der Waals surface area (Å²) in [6.45, 7) is 4.00. The quantitative estimate of drug-likeness (QED) is 0.284. The Balaban J connectivity index is 2.21. The van der Waals surface area contributed by atoms with Gasteiger partial charge in [-0.25, -0.2) is 0 Å². The lowest BCUT2D eigenvalue weighted by Crippen LogP contribution is -2.10. The fourth-order valence-corrected chi connectivity index (χ4v) is 1.93. The second kappa shape index (κ2) is 10.5. The third kappa shape index (κ3) is 8.14. The van der Waals surface area contributed by atoms with Gasteiger partial charge in [-0.2, -0.15) is 0 Å². The smallest absolute Gasteiger partial charge is 0.311 e. The zero-order chi connectivity index (χ0) is 17.1. The predicted octanol–water partition coefficient (Wildman–Crippen LogP) is 3.70. The molecule has 23 heavy (non-hydrogen) atoms. The molecule has 126 valence electrons. The lowest BCUT2D eigenvalue weighted by atomic mass is 10.1. The Labute approximate surface area is 137 Å². The first-order valence-electron chi connectivity index (χ1n) is 8.00. The Morgan fingerprint density at radius 3 is 2.17 bits per heavy atom. The second-order valence-electron chi connectivity index (χ2n) is 5.34. The fourth-order valence-electron chi connectivity index (χ4n) is 1.93. The molecular weight excluding hydrogens is 296 g/mol. The minimum absolute atomic E-state index is 0.0414. The molecule has 0 aliphatic carbocycles. The Hall–Kier alpha value is -2.17. The molecule has 5 heteroatoms. The van der Waals surface area contributed by atoms with Gasteiger partial charge in [-0.1, -0.05) is 19.8 Å². The van der Waals surface area contributed by atoms with Crippen LogP contribution in [0.15, 0.2) is 24.3 Å². The van der Waals surface area contributed by atoms with Crippen molar-refractivity contribution in [3.8, 4) is 5.75 Å². The fraction of sp³-hybridized carbons (Fsp3) is 0.500. The monoisotopic (exact) mass is 320 g/mol. The van der Waals surface area contributed by atoms with Crippen LogP contribution in [0.3, 0.4) is 0 Å². The summed E-state index contributed by atoms with van der Waals surface area (Å²) in [6, 6.07) is 6.38. The summed E-state index contributed by atoms with van der Waals surface area (Å²) >= 11 is 0. The van der Waals surface area contributed by atoms with Crippen molar-refractivity contribution < 1.29 is 23.9 Å². The van der Waals surface area contributed by atoms with Gasteiger partial charge in [0.2, 0.25) is 0 Å². The van der Waals surface area contributed by atoms with Gasteiger partial charge in [-0.05, 0) is 44.0 Å². The largest absolute Gasteiger partial charge is 0.466 e. The second-order valence-corrected chi connectivity index (χ2v) is 5.34. The first-order chi connectivity index (χ1) is 11.0. The molecule has 1 aromatic carbocycles. The minimum Gasteiger partial charge on any atom is -0.466 e. The van der Waals surface area contributed by atoms with Crippen molar-refractivity contribution in [1.82, 2.24) is 0 Å². The molecule has 1 rings (SSSR count). The summed E-state index contributed by atoms with van der Waals surface area (Å²) < 4.78 is 10.2. The number of hydrogen-bond donors (Lipinski definition) is 0. The number of benzene rings is 1. The van der Waals surface area contributed by atoms with Gasteiger partial charge in [0.1, 0.15) is 5.75 Å². The number of esters is 2. The molecule has 0 unspecified atom stereocenters. The maximum Gasteiger partial charge on any atom is 0.311 e. The highest BCUT2D eigenvalue weighted by Crippen LogP contribution is 2.14. The molecule has 0 aliphatic rings. The van der Waals surface area contributed by atoms with Crippen LogP contribution in [-0.4, -0.2) is 24.3 Å². The zero-order valence-electron chi connectivity index (χ0n) is 13.8. The van der Waals surface area contributed by atoms with Crippen molar-refractivity contribution in [2.24, 2.45) is 0 Å². The molecule has 0 aromatic heterocycles. The average Bonchev–Trinajstić information content (AvgIpc) is 2.52. The molecule has 0 amide bonds. The molecule has 0 radical (unpaired) electrons. The number of carbonyl (C=O) groups is 3. The predicted molar refractivity (Wildman–Crippen MR) is 86.4 cm³/mol. The van der Waals surface area contributed by atoms with Crippen molar-refractivity contribution in [3.05, 3.63) is 29.8 Å². The number of rotatable bonds is 10. The third-order valence-electron chi connectivity index (χ3n) is 3.27. The summed E-state index contributed by atoms with van der Waals surface area (Å²) in [7, 11) is 0. The number of Topliss-reactive ketones (excluding diaryl/α,β-unsaturated/α-hetero) is 1. The maximum absolute atomic E-state index is 11.7. The van der Waals surface area contributed by atoms with E-state index in [-0.39, 0.29) is 24.6 Å². The molecular formula is C18H24O5. The molecule has 0 saturated carbocycles. The van der Waals surface area contributed by atoms with Crippen LogP contribution < -0.4 is 4.74 Å². The van der Waals surface area contributed by atoms with Crippen LogP contribution >= 0.6 is 0 Å². The molecule has 0 N–H and O–H groups in total. The molecule has 5 nitrogen and oxygen atoms in total. The molecule has 0 fully saturated rings. The van der Waals surface area contributed by atoms with E-state index in [1.807, 2.05) is 0 Å². The van der Waals surface area contributed by atoms with Crippen molar-refractivity contribution in [1.29, 1.82) is 0 Å². The van der Waals surface area contributed by atoms with Crippen LogP contribution in [0.25, 0.3) is 0 Å². The third-order valence-corrected chi connectivity index (χ3v) is 3.27. The van der Waals surface area contributed by atoms with Gasteiger partial charge >= 0.3 is 11.9 Å². The van der Waals surface area contributed by atoms with Crippen molar-refractivity contribution in [2.75, 3.05) is 6.61 Å². The van der Waals surface area contributed by atoms with Gasteiger partial charge in [0.05, 0.1) is 6.61 Å². The number of unbranched alkanes of at least 4 members (excludes halogenated alkanes) is 2. The van der Waals surface area contributed by atoms with Crippen molar-refractivity contribution >= 4 is 17.7 Å². The van der Waals surface area contributed by atoms with Gasteiger partial charge in [0.15, 0.2) is 5.78 Å². The first kappa shape index (κ1) is 18.9. The summed E-state index contributed by atoms with van der Waals surface area (Å²) in [4.78, 5) is 34.3. The highest BCUT2D eigenvalue weighted by molar-refractivity contribution is 5.94. The van der Waals surface area contributed by atoms with E-state index in [0.717, 1.165) is 19.3 Å².